The Morgan fingerprint density at radius 2 is 1.94 bits per heavy atom. The van der Waals surface area contributed by atoms with Crippen molar-refractivity contribution in [1.82, 2.24) is 4.98 Å². The van der Waals surface area contributed by atoms with Gasteiger partial charge < -0.3 is 5.32 Å². The molecule has 2 aromatic rings. The second-order valence-corrected chi connectivity index (χ2v) is 4.18. The van der Waals surface area contributed by atoms with E-state index < -0.39 is 0 Å². The summed E-state index contributed by atoms with van der Waals surface area (Å²) in [5, 5.41) is 3.51. The number of benzene rings is 1. The highest BCUT2D eigenvalue weighted by Crippen LogP contribution is 2.12. The number of anilines is 1. The van der Waals surface area contributed by atoms with E-state index in [-0.39, 0.29) is 0 Å². The predicted molar refractivity (Wildman–Crippen MR) is 72.1 cm³/mol. The molecule has 0 saturated carbocycles. The van der Waals surface area contributed by atoms with Crippen LogP contribution < -0.4 is 5.32 Å². The van der Waals surface area contributed by atoms with Crippen LogP contribution in [-0.2, 0) is 6.42 Å². The number of nitrogens with zero attached hydrogens (tertiary/aromatic N) is 1. The quantitative estimate of drug-likeness (QED) is 0.843. The molecule has 0 radical (unpaired) electrons. The lowest BCUT2D eigenvalue weighted by Crippen LogP contribution is -2.21. The Labute approximate surface area is 103 Å². The van der Waals surface area contributed by atoms with Crippen LogP contribution in [0, 0.1) is 0 Å². The molecule has 0 saturated heterocycles. The fourth-order valence-corrected chi connectivity index (χ4v) is 1.88. The molecule has 0 fully saturated rings. The van der Waals surface area contributed by atoms with Crippen molar-refractivity contribution in [3.63, 3.8) is 0 Å². The maximum Gasteiger partial charge on any atom is 0.0528 e. The maximum atomic E-state index is 4.12. The van der Waals surface area contributed by atoms with Crippen molar-refractivity contribution in [3.05, 3.63) is 60.4 Å². The summed E-state index contributed by atoms with van der Waals surface area (Å²) in [4.78, 5) is 4.12. The average molecular weight is 226 g/mol. The Balaban J connectivity index is 1.98. The zero-order valence-corrected chi connectivity index (χ0v) is 10.1. The maximum absolute atomic E-state index is 4.12. The van der Waals surface area contributed by atoms with Crippen molar-refractivity contribution in [3.8, 4) is 0 Å². The third-order valence-electron chi connectivity index (χ3n) is 2.85. The van der Waals surface area contributed by atoms with Crippen LogP contribution in [0.2, 0.25) is 0 Å². The van der Waals surface area contributed by atoms with Gasteiger partial charge in [0.15, 0.2) is 0 Å². The van der Waals surface area contributed by atoms with E-state index in [0.29, 0.717) is 6.04 Å². The lowest BCUT2D eigenvalue weighted by atomic mass is 10.0. The lowest BCUT2D eigenvalue weighted by molar-refractivity contribution is 0.690. The molecule has 0 amide bonds. The minimum atomic E-state index is 0.460. The fourth-order valence-electron chi connectivity index (χ4n) is 1.88. The zero-order chi connectivity index (χ0) is 11.9. The summed E-state index contributed by atoms with van der Waals surface area (Å²) < 4.78 is 0. The van der Waals surface area contributed by atoms with Gasteiger partial charge in [-0.05, 0) is 30.5 Å². The molecule has 2 rings (SSSR count). The highest BCUT2D eigenvalue weighted by atomic mass is 14.9. The van der Waals surface area contributed by atoms with Gasteiger partial charge in [-0.3, -0.25) is 4.98 Å². The van der Waals surface area contributed by atoms with Gasteiger partial charge in [-0.15, -0.1) is 0 Å². The number of nitrogens with one attached hydrogen (secondary N) is 1. The second kappa shape index (κ2) is 6.04. The third-order valence-corrected chi connectivity index (χ3v) is 2.85. The SMILES string of the molecule is CCC(Cc1ccccc1)Nc1cccnc1. The topological polar surface area (TPSA) is 24.9 Å². The second-order valence-electron chi connectivity index (χ2n) is 4.18. The van der Waals surface area contributed by atoms with E-state index in [4.69, 9.17) is 0 Å². The van der Waals surface area contributed by atoms with Gasteiger partial charge in [-0.2, -0.15) is 0 Å². The van der Waals surface area contributed by atoms with E-state index in [0.717, 1.165) is 18.5 Å². The monoisotopic (exact) mass is 226 g/mol. The van der Waals surface area contributed by atoms with E-state index in [1.165, 1.54) is 5.56 Å². The van der Waals surface area contributed by atoms with E-state index >= 15 is 0 Å². The predicted octanol–water partition coefficient (Wildman–Crippen LogP) is 3.51. The average Bonchev–Trinajstić information content (AvgIpc) is 2.40. The molecule has 0 aliphatic carbocycles. The Kier molecular flexibility index (Phi) is 4.14. The first-order valence-corrected chi connectivity index (χ1v) is 6.09. The summed E-state index contributed by atoms with van der Waals surface area (Å²) in [7, 11) is 0. The number of hydrogen-bond acceptors (Lipinski definition) is 2. The number of rotatable bonds is 5. The lowest BCUT2D eigenvalue weighted by Gasteiger charge is -2.18. The molecule has 17 heavy (non-hydrogen) atoms. The molecule has 0 spiro atoms. The van der Waals surface area contributed by atoms with Gasteiger partial charge in [0.05, 0.1) is 5.69 Å². The van der Waals surface area contributed by atoms with Crippen LogP contribution in [-0.4, -0.2) is 11.0 Å². The fraction of sp³-hybridized carbons (Fsp3) is 0.267. The normalized spacial score (nSPS) is 12.1. The van der Waals surface area contributed by atoms with Gasteiger partial charge in [-0.25, -0.2) is 0 Å². The molecule has 0 aliphatic heterocycles. The van der Waals surface area contributed by atoms with Gasteiger partial charge in [0.25, 0.3) is 0 Å². The molecule has 1 atom stereocenters. The van der Waals surface area contributed by atoms with Crippen LogP contribution in [0.5, 0.6) is 0 Å². The molecule has 1 heterocycles. The van der Waals surface area contributed by atoms with Gasteiger partial charge in [0.1, 0.15) is 0 Å². The molecular weight excluding hydrogens is 208 g/mol. The van der Waals surface area contributed by atoms with Crippen molar-refractivity contribution < 1.29 is 0 Å². The summed E-state index contributed by atoms with van der Waals surface area (Å²) in [5.74, 6) is 0. The number of aromatic nitrogens is 1. The summed E-state index contributed by atoms with van der Waals surface area (Å²) in [6.45, 7) is 2.21. The van der Waals surface area contributed by atoms with Crippen molar-refractivity contribution in [1.29, 1.82) is 0 Å². The van der Waals surface area contributed by atoms with E-state index in [2.05, 4.69) is 53.6 Å². The van der Waals surface area contributed by atoms with Gasteiger partial charge >= 0.3 is 0 Å². The van der Waals surface area contributed by atoms with Crippen LogP contribution in [0.4, 0.5) is 5.69 Å². The Morgan fingerprint density at radius 1 is 1.12 bits per heavy atom. The summed E-state index contributed by atoms with van der Waals surface area (Å²) in [5.41, 5.74) is 2.46. The molecule has 1 aromatic carbocycles. The highest BCUT2D eigenvalue weighted by molar-refractivity contribution is 5.41. The van der Waals surface area contributed by atoms with E-state index in [9.17, 15) is 0 Å². The smallest absolute Gasteiger partial charge is 0.0528 e. The molecular formula is C15H18N2. The zero-order valence-electron chi connectivity index (χ0n) is 10.1. The minimum absolute atomic E-state index is 0.460. The van der Waals surface area contributed by atoms with Gasteiger partial charge in [0, 0.05) is 18.4 Å². The minimum Gasteiger partial charge on any atom is -0.381 e. The first-order valence-electron chi connectivity index (χ1n) is 6.09. The van der Waals surface area contributed by atoms with Crippen LogP contribution in [0.3, 0.4) is 0 Å². The standard InChI is InChI=1S/C15H18N2/c1-2-14(11-13-7-4-3-5-8-13)17-15-9-6-10-16-12-15/h3-10,12,14,17H,2,11H2,1H3. The largest absolute Gasteiger partial charge is 0.381 e. The van der Waals surface area contributed by atoms with Crippen molar-refractivity contribution >= 4 is 5.69 Å². The van der Waals surface area contributed by atoms with Crippen molar-refractivity contribution in [2.24, 2.45) is 0 Å². The highest BCUT2D eigenvalue weighted by Gasteiger charge is 2.06. The molecule has 88 valence electrons. The Morgan fingerprint density at radius 3 is 2.59 bits per heavy atom. The number of pyridine rings is 1. The first-order chi connectivity index (χ1) is 8.38. The van der Waals surface area contributed by atoms with Crippen LogP contribution in [0.15, 0.2) is 54.9 Å². The summed E-state index contributed by atoms with van der Waals surface area (Å²) >= 11 is 0. The number of hydrogen-bond donors (Lipinski definition) is 1. The molecule has 1 N–H and O–H groups in total. The van der Waals surface area contributed by atoms with Crippen LogP contribution in [0.25, 0.3) is 0 Å². The Bertz CT molecular complexity index is 384. The Hall–Kier alpha value is -1.83. The van der Waals surface area contributed by atoms with E-state index in [1.54, 1.807) is 6.20 Å². The summed E-state index contributed by atoms with van der Waals surface area (Å²) in [6.07, 6.45) is 5.81. The molecule has 0 aliphatic rings. The van der Waals surface area contributed by atoms with Crippen molar-refractivity contribution in [2.75, 3.05) is 5.32 Å². The van der Waals surface area contributed by atoms with Crippen molar-refractivity contribution in [2.45, 2.75) is 25.8 Å². The van der Waals surface area contributed by atoms with Crippen LogP contribution in [0.1, 0.15) is 18.9 Å². The van der Waals surface area contributed by atoms with Crippen LogP contribution >= 0.6 is 0 Å². The molecule has 1 aromatic heterocycles. The summed E-state index contributed by atoms with van der Waals surface area (Å²) in [6, 6.07) is 15.1. The molecule has 1 unspecified atom stereocenters. The third kappa shape index (κ3) is 3.59. The molecule has 0 bridgehead atoms. The molecule has 2 heteroatoms. The van der Waals surface area contributed by atoms with Gasteiger partial charge in [0.2, 0.25) is 0 Å². The van der Waals surface area contributed by atoms with E-state index in [1.807, 2.05) is 12.3 Å². The first kappa shape index (κ1) is 11.6. The van der Waals surface area contributed by atoms with Gasteiger partial charge in [-0.1, -0.05) is 37.3 Å². The molecule has 2 nitrogen and oxygen atoms in total.